The van der Waals surface area contributed by atoms with Gasteiger partial charge in [-0.15, -0.1) is 0 Å². The van der Waals surface area contributed by atoms with Crippen molar-refractivity contribution in [2.24, 2.45) is 0 Å². The van der Waals surface area contributed by atoms with E-state index in [2.05, 4.69) is 13.2 Å². The van der Waals surface area contributed by atoms with Gasteiger partial charge in [0, 0.05) is 21.7 Å². The number of rotatable bonds is 2. The molecule has 29 heavy (non-hydrogen) atoms. The topological polar surface area (TPSA) is 109 Å². The van der Waals surface area contributed by atoms with Crippen LogP contribution in [0.2, 0.25) is 0 Å². The van der Waals surface area contributed by atoms with Crippen molar-refractivity contribution in [1.82, 2.24) is 9.97 Å². The third-order valence-electron chi connectivity index (χ3n) is 5.01. The lowest BCUT2D eigenvalue weighted by atomic mass is 10.1. The summed E-state index contributed by atoms with van der Waals surface area (Å²) in [6, 6.07) is 14.7. The van der Waals surface area contributed by atoms with Crippen LogP contribution in [0.25, 0.3) is 43.6 Å². The lowest BCUT2D eigenvalue weighted by molar-refractivity contribution is 0.509. The van der Waals surface area contributed by atoms with Gasteiger partial charge in [-0.25, -0.2) is 0 Å². The van der Waals surface area contributed by atoms with Crippen LogP contribution in [-0.4, -0.2) is 35.0 Å². The van der Waals surface area contributed by atoms with Crippen LogP contribution < -0.4 is 10.9 Å². The third-order valence-corrected chi connectivity index (χ3v) is 6.90. The zero-order chi connectivity index (χ0) is 20.3. The Balaban J connectivity index is 1.99. The number of pyridine rings is 2. The molecule has 0 aliphatic rings. The highest BCUT2D eigenvalue weighted by Gasteiger charge is 2.20. The molecule has 7 nitrogen and oxygen atoms in total. The van der Waals surface area contributed by atoms with Crippen LogP contribution in [0.15, 0.2) is 69.1 Å². The van der Waals surface area contributed by atoms with E-state index < -0.39 is 15.5 Å². The summed E-state index contributed by atoms with van der Waals surface area (Å²) in [5, 5.41) is 1.25. The maximum atomic E-state index is 13.2. The second kappa shape index (κ2) is 6.27. The van der Waals surface area contributed by atoms with Crippen molar-refractivity contribution < 1.29 is 11.7 Å². The molecule has 0 saturated heterocycles. The van der Waals surface area contributed by atoms with E-state index >= 15 is 0 Å². The molecule has 2 N–H and O–H groups in total. The van der Waals surface area contributed by atoms with Gasteiger partial charge in [0.25, 0.3) is 10.1 Å². The van der Waals surface area contributed by atoms with Crippen LogP contribution in [0, 0.1) is 0 Å². The van der Waals surface area contributed by atoms with E-state index in [0.29, 0.717) is 32.8 Å². The molecule has 5 aromatic rings. The summed E-state index contributed by atoms with van der Waals surface area (Å²) in [6.07, 6.45) is 0. The Kier molecular flexibility index (Phi) is 3.91. The van der Waals surface area contributed by atoms with Gasteiger partial charge < -0.3 is 13.2 Å². The largest absolute Gasteiger partial charge is 0.419 e. The first-order chi connectivity index (χ1) is 13.9. The van der Waals surface area contributed by atoms with Crippen LogP contribution in [0.3, 0.4) is 0 Å². The molecule has 0 fully saturated rings. The van der Waals surface area contributed by atoms with Gasteiger partial charge in [0.1, 0.15) is 4.90 Å². The minimum absolute atomic E-state index is 0.00457. The number of hydrogen-bond acceptors (Lipinski definition) is 5. The molecular weight excluding hydrogens is 407 g/mol. The summed E-state index contributed by atoms with van der Waals surface area (Å²) in [5.74, 6) is 0. The van der Waals surface area contributed by atoms with Crippen molar-refractivity contribution in [2.75, 3.05) is 0 Å². The molecule has 0 bridgehead atoms. The van der Waals surface area contributed by atoms with Crippen molar-refractivity contribution in [1.29, 1.82) is 0 Å². The Hall–Kier alpha value is -2.96. The lowest BCUT2D eigenvalue weighted by Gasteiger charge is -2.10. The molecule has 0 atom stereocenters. The summed E-state index contributed by atoms with van der Waals surface area (Å²) >= 11 is 1.69. The Labute approximate surface area is 171 Å². The molecule has 0 saturated carbocycles. The lowest BCUT2D eigenvalue weighted by Crippen LogP contribution is -2.12. The molecule has 140 valence electrons. The van der Waals surface area contributed by atoms with Crippen LogP contribution in [-0.2, 0) is 13.4 Å². The van der Waals surface area contributed by atoms with Gasteiger partial charge in [-0.3, -0.25) is 9.59 Å². The van der Waals surface area contributed by atoms with Gasteiger partial charge in [0.05, 0.1) is 21.9 Å². The fourth-order valence-corrected chi connectivity index (χ4v) is 4.78. The normalized spacial score (nSPS) is 12.3. The Bertz CT molecular complexity index is 1700. The maximum absolute atomic E-state index is 13.2. The van der Waals surface area contributed by atoms with E-state index in [9.17, 15) is 18.0 Å². The van der Waals surface area contributed by atoms with Crippen molar-refractivity contribution in [3.05, 3.63) is 75.0 Å². The maximum Gasteiger partial charge on any atom is 0.405 e. The molecule has 0 aliphatic heterocycles. The van der Waals surface area contributed by atoms with Crippen LogP contribution in [0.4, 0.5) is 0 Å². The predicted molar refractivity (Wildman–Crippen MR) is 112 cm³/mol. The Morgan fingerprint density at radius 3 is 2.07 bits per heavy atom. The van der Waals surface area contributed by atoms with Crippen molar-refractivity contribution in [2.45, 2.75) is 4.90 Å². The molecule has 0 aliphatic carbocycles. The number of fused-ring (bicyclic) bond motifs is 4. The van der Waals surface area contributed by atoms with E-state index in [1.165, 1.54) is 12.1 Å². The van der Waals surface area contributed by atoms with Gasteiger partial charge >= 0.3 is 16.6 Å². The predicted octanol–water partition coefficient (Wildman–Crippen LogP) is 2.46. The Morgan fingerprint density at radius 1 is 0.724 bits per heavy atom. The average Bonchev–Trinajstić information content (AvgIpc) is 2.73. The first kappa shape index (κ1) is 18.1. The van der Waals surface area contributed by atoms with E-state index in [1.54, 1.807) is 53.0 Å². The van der Waals surface area contributed by atoms with Crippen LogP contribution >= 0.6 is 0 Å². The smallest absolute Gasteiger partial charge is 0.405 e. The molecule has 5 rings (SSSR count). The number of H-pyrrole nitrogens is 2. The summed E-state index contributed by atoms with van der Waals surface area (Å²) in [6.45, 7) is 0. The molecule has 2 radical (unpaired) electrons. The number of aromatic amines is 2. The first-order valence-electron chi connectivity index (χ1n) is 8.57. The number of hydrogen-bond donors (Lipinski definition) is 2. The van der Waals surface area contributed by atoms with Crippen molar-refractivity contribution in [3.8, 4) is 0 Å². The number of benzene rings is 3. The Morgan fingerprint density at radius 2 is 1.34 bits per heavy atom. The first-order valence-corrected chi connectivity index (χ1v) is 10.5. The third kappa shape index (κ3) is 2.63. The fourth-order valence-electron chi connectivity index (χ4n) is 3.67. The van der Waals surface area contributed by atoms with Gasteiger partial charge in [0.2, 0.25) is 0 Å². The molecule has 2 heterocycles. The highest BCUT2D eigenvalue weighted by atomic mass is 32.2. The monoisotopic (exact) mass is 418 g/mol. The summed E-state index contributed by atoms with van der Waals surface area (Å²) < 4.78 is 29.0. The number of para-hydroxylation sites is 1. The van der Waals surface area contributed by atoms with Crippen LogP contribution in [0.5, 0.6) is 0 Å². The van der Waals surface area contributed by atoms with Gasteiger partial charge in [-0.2, -0.15) is 8.42 Å². The van der Waals surface area contributed by atoms with Gasteiger partial charge in [-0.1, -0.05) is 18.2 Å². The highest BCUT2D eigenvalue weighted by molar-refractivity contribution is 7.87. The zero-order valence-corrected chi connectivity index (χ0v) is 16.7. The standard InChI is InChI=1S/C20H12N2O5S.Al/c23-19-10-4-1-2-5-13(10)21-15-9-12-16(8-11(15)19)22-14-6-3-7-17(28(25,26)27)18(14)20(12)24;/h1-9H,(H,21,23)(H,22,24)(H,25,26,27);/q;+1/p-1. The molecule has 2 aromatic heterocycles. The van der Waals surface area contributed by atoms with Crippen molar-refractivity contribution in [3.63, 3.8) is 0 Å². The minimum Gasteiger partial charge on any atom is -0.419 e. The molecule has 0 spiro atoms. The highest BCUT2D eigenvalue weighted by Crippen LogP contribution is 2.25. The van der Waals surface area contributed by atoms with Crippen molar-refractivity contribution >= 4 is 70.4 Å². The summed E-state index contributed by atoms with van der Waals surface area (Å²) in [7, 11) is -4.11. The van der Waals surface area contributed by atoms with Gasteiger partial charge in [0.15, 0.2) is 10.9 Å². The second-order valence-electron chi connectivity index (χ2n) is 6.63. The fraction of sp³-hybridized carbons (Fsp3) is 0. The van der Waals surface area contributed by atoms with Crippen LogP contribution in [0.1, 0.15) is 0 Å². The molecular formula is C20H11AlN2O5S. The zero-order valence-electron chi connectivity index (χ0n) is 14.7. The molecule has 9 heteroatoms. The molecule has 0 amide bonds. The summed E-state index contributed by atoms with van der Waals surface area (Å²) in [4.78, 5) is 32.1. The van der Waals surface area contributed by atoms with E-state index in [0.717, 1.165) is 0 Å². The van der Waals surface area contributed by atoms with E-state index in [1.807, 2.05) is 6.07 Å². The van der Waals surface area contributed by atoms with E-state index in [4.69, 9.17) is 0 Å². The average molecular weight is 418 g/mol. The number of nitrogens with one attached hydrogen (secondary N) is 2. The second-order valence-corrected chi connectivity index (χ2v) is 8.74. The van der Waals surface area contributed by atoms with Gasteiger partial charge in [-0.05, 0) is 36.4 Å². The SMILES string of the molecule is O=c1c2ccccc2[nH]c2cc3c(=O)c4c(S(=O)(=O)[O][Al])cccc4[nH]c3cc12. The summed E-state index contributed by atoms with van der Waals surface area (Å²) in [5.41, 5.74) is 1.31. The number of aromatic nitrogens is 2. The molecule has 3 aromatic carbocycles. The quantitative estimate of drug-likeness (QED) is 0.338. The molecule has 0 unspecified atom stereocenters. The minimum atomic E-state index is -4.11. The van der Waals surface area contributed by atoms with E-state index in [-0.39, 0.29) is 21.1 Å².